The molecule has 16 heavy (non-hydrogen) atoms. The molecular weight excluding hydrogens is 270 g/mol. The average Bonchev–Trinajstić information content (AvgIpc) is 2.57. The number of fused-ring (bicyclic) bond motifs is 1. The molecule has 0 spiro atoms. The normalized spacial score (nSPS) is 10.9. The van der Waals surface area contributed by atoms with E-state index in [0.29, 0.717) is 12.1 Å². The van der Waals surface area contributed by atoms with E-state index in [4.69, 9.17) is 5.11 Å². The topological polar surface area (TPSA) is 42.2 Å². The van der Waals surface area contributed by atoms with E-state index < -0.39 is 0 Å². The monoisotopic (exact) mass is 281 g/mol. The Morgan fingerprint density at radius 3 is 2.88 bits per heavy atom. The van der Waals surface area contributed by atoms with Crippen molar-refractivity contribution >= 4 is 32.6 Å². The zero-order valence-electron chi connectivity index (χ0n) is 8.90. The molecule has 0 atom stereocenters. The van der Waals surface area contributed by atoms with Crippen molar-refractivity contribution in [1.29, 1.82) is 0 Å². The summed E-state index contributed by atoms with van der Waals surface area (Å²) in [5, 5.41) is 9.89. The van der Waals surface area contributed by atoms with Crippen molar-refractivity contribution in [1.82, 2.24) is 4.57 Å². The molecule has 1 aromatic carbocycles. The number of ketones is 1. The highest BCUT2D eigenvalue weighted by atomic mass is 79.9. The van der Waals surface area contributed by atoms with Gasteiger partial charge in [-0.1, -0.05) is 15.9 Å². The number of carbonyl (C=O) groups excluding carboxylic acids is 1. The summed E-state index contributed by atoms with van der Waals surface area (Å²) in [5.41, 5.74) is 1.67. The molecule has 4 heteroatoms. The van der Waals surface area contributed by atoms with Gasteiger partial charge in [-0.05, 0) is 25.1 Å². The molecule has 0 radical (unpaired) electrons. The van der Waals surface area contributed by atoms with E-state index in [1.54, 1.807) is 13.1 Å². The zero-order valence-corrected chi connectivity index (χ0v) is 10.5. The van der Waals surface area contributed by atoms with Crippen LogP contribution in [0.3, 0.4) is 0 Å². The lowest BCUT2D eigenvalue weighted by atomic mass is 10.1. The molecule has 0 fully saturated rings. The van der Waals surface area contributed by atoms with E-state index in [-0.39, 0.29) is 12.4 Å². The van der Waals surface area contributed by atoms with Gasteiger partial charge in [0.1, 0.15) is 0 Å². The molecule has 3 nitrogen and oxygen atoms in total. The smallest absolute Gasteiger partial charge is 0.161 e. The van der Waals surface area contributed by atoms with Crippen LogP contribution in [0.25, 0.3) is 10.9 Å². The molecule has 2 aromatic rings. The number of aliphatic hydroxyl groups is 1. The highest BCUT2D eigenvalue weighted by molar-refractivity contribution is 9.10. The molecule has 0 saturated heterocycles. The Balaban J connectivity index is 2.71. The zero-order chi connectivity index (χ0) is 11.7. The number of hydrogen-bond acceptors (Lipinski definition) is 2. The van der Waals surface area contributed by atoms with Crippen LogP contribution in [-0.2, 0) is 6.54 Å². The number of hydrogen-bond donors (Lipinski definition) is 1. The first-order valence-corrected chi connectivity index (χ1v) is 5.83. The van der Waals surface area contributed by atoms with Gasteiger partial charge in [-0.3, -0.25) is 4.79 Å². The summed E-state index contributed by atoms with van der Waals surface area (Å²) in [5.74, 6) is 0.0415. The molecule has 84 valence electrons. The number of rotatable bonds is 3. The molecular formula is C12H12BrNO2. The molecule has 0 bridgehead atoms. The third kappa shape index (κ3) is 1.90. The molecule has 0 aliphatic carbocycles. The van der Waals surface area contributed by atoms with Crippen molar-refractivity contribution < 1.29 is 9.90 Å². The van der Waals surface area contributed by atoms with Crippen LogP contribution in [0, 0.1) is 0 Å². The summed E-state index contributed by atoms with van der Waals surface area (Å²) in [4.78, 5) is 11.5. The van der Waals surface area contributed by atoms with Crippen molar-refractivity contribution in [3.63, 3.8) is 0 Å². The summed E-state index contributed by atoms with van der Waals surface area (Å²) < 4.78 is 2.85. The molecule has 1 N–H and O–H groups in total. The SMILES string of the molecule is CC(=O)c1cn(CCO)c2ccc(Br)cc12. The predicted octanol–water partition coefficient (Wildman–Crippen LogP) is 2.60. The third-order valence-electron chi connectivity index (χ3n) is 2.56. The van der Waals surface area contributed by atoms with Crippen molar-refractivity contribution in [2.24, 2.45) is 0 Å². The molecule has 0 aliphatic rings. The van der Waals surface area contributed by atoms with Gasteiger partial charge in [0, 0.05) is 33.7 Å². The predicted molar refractivity (Wildman–Crippen MR) is 66.7 cm³/mol. The summed E-state index contributed by atoms with van der Waals surface area (Å²) in [7, 11) is 0. The molecule has 1 aromatic heterocycles. The molecule has 2 rings (SSSR count). The lowest BCUT2D eigenvalue weighted by molar-refractivity contribution is 0.101. The Bertz CT molecular complexity index is 545. The van der Waals surface area contributed by atoms with Crippen LogP contribution in [0.4, 0.5) is 0 Å². The molecule has 0 unspecified atom stereocenters. The Kier molecular flexibility index (Phi) is 3.12. The number of nitrogens with zero attached hydrogens (tertiary/aromatic N) is 1. The largest absolute Gasteiger partial charge is 0.395 e. The standard InChI is InChI=1S/C12H12BrNO2/c1-8(16)11-7-14(4-5-15)12-3-2-9(13)6-10(11)12/h2-3,6-7,15H,4-5H2,1H3. The maximum absolute atomic E-state index is 11.5. The van der Waals surface area contributed by atoms with Gasteiger partial charge in [0.25, 0.3) is 0 Å². The van der Waals surface area contributed by atoms with E-state index in [0.717, 1.165) is 15.4 Å². The number of aliphatic hydroxyl groups excluding tert-OH is 1. The second-order valence-corrected chi connectivity index (χ2v) is 4.59. The Morgan fingerprint density at radius 1 is 1.50 bits per heavy atom. The summed E-state index contributed by atoms with van der Waals surface area (Å²) in [6.45, 7) is 2.13. The highest BCUT2D eigenvalue weighted by Crippen LogP contribution is 2.25. The molecule has 0 saturated carbocycles. The van der Waals surface area contributed by atoms with Gasteiger partial charge < -0.3 is 9.67 Å². The molecule has 1 heterocycles. The van der Waals surface area contributed by atoms with Gasteiger partial charge in [0.15, 0.2) is 5.78 Å². The minimum Gasteiger partial charge on any atom is -0.395 e. The van der Waals surface area contributed by atoms with E-state index in [1.165, 1.54) is 0 Å². The van der Waals surface area contributed by atoms with E-state index in [2.05, 4.69) is 15.9 Å². The number of aromatic nitrogens is 1. The maximum Gasteiger partial charge on any atom is 0.161 e. The molecule has 0 aliphatic heterocycles. The van der Waals surface area contributed by atoms with Crippen LogP contribution in [0.1, 0.15) is 17.3 Å². The van der Waals surface area contributed by atoms with Crippen LogP contribution in [0.15, 0.2) is 28.9 Å². The first-order chi connectivity index (χ1) is 7.63. The van der Waals surface area contributed by atoms with Crippen LogP contribution in [0.5, 0.6) is 0 Å². The van der Waals surface area contributed by atoms with Gasteiger partial charge in [0.05, 0.1) is 6.61 Å². The summed E-state index contributed by atoms with van der Waals surface area (Å²) in [6.07, 6.45) is 1.80. The number of Topliss-reactive ketones (excluding diaryl/α,β-unsaturated/α-hetero) is 1. The minimum atomic E-state index is 0.0415. The van der Waals surface area contributed by atoms with Crippen molar-refractivity contribution in [2.75, 3.05) is 6.61 Å². The lowest BCUT2D eigenvalue weighted by Gasteiger charge is -2.01. The van der Waals surface area contributed by atoms with Crippen molar-refractivity contribution in [3.05, 3.63) is 34.4 Å². The summed E-state index contributed by atoms with van der Waals surface area (Å²) in [6, 6.07) is 5.81. The highest BCUT2D eigenvalue weighted by Gasteiger charge is 2.11. The Morgan fingerprint density at radius 2 is 2.25 bits per heavy atom. The maximum atomic E-state index is 11.5. The van der Waals surface area contributed by atoms with Crippen molar-refractivity contribution in [3.8, 4) is 0 Å². The van der Waals surface area contributed by atoms with Gasteiger partial charge in [0.2, 0.25) is 0 Å². The van der Waals surface area contributed by atoms with E-state index in [1.807, 2.05) is 22.8 Å². The average molecular weight is 282 g/mol. The van der Waals surface area contributed by atoms with Crippen LogP contribution < -0.4 is 0 Å². The van der Waals surface area contributed by atoms with Crippen LogP contribution in [-0.4, -0.2) is 22.1 Å². The fourth-order valence-corrected chi connectivity index (χ4v) is 2.20. The first-order valence-electron chi connectivity index (χ1n) is 5.03. The number of halogens is 1. The van der Waals surface area contributed by atoms with Gasteiger partial charge in [-0.25, -0.2) is 0 Å². The molecule has 0 amide bonds. The first kappa shape index (κ1) is 11.4. The minimum absolute atomic E-state index is 0.0415. The van der Waals surface area contributed by atoms with Gasteiger partial charge in [-0.2, -0.15) is 0 Å². The Hall–Kier alpha value is -1.13. The van der Waals surface area contributed by atoms with Crippen molar-refractivity contribution in [2.45, 2.75) is 13.5 Å². The van der Waals surface area contributed by atoms with E-state index >= 15 is 0 Å². The number of benzene rings is 1. The fourth-order valence-electron chi connectivity index (χ4n) is 1.84. The number of carbonyl (C=O) groups is 1. The lowest BCUT2D eigenvalue weighted by Crippen LogP contribution is -2.00. The second-order valence-electron chi connectivity index (χ2n) is 3.68. The van der Waals surface area contributed by atoms with Gasteiger partial charge in [-0.15, -0.1) is 0 Å². The van der Waals surface area contributed by atoms with Crippen LogP contribution in [0.2, 0.25) is 0 Å². The fraction of sp³-hybridized carbons (Fsp3) is 0.250. The van der Waals surface area contributed by atoms with E-state index in [9.17, 15) is 4.79 Å². The second kappa shape index (κ2) is 4.39. The summed E-state index contributed by atoms with van der Waals surface area (Å²) >= 11 is 3.39. The Labute approximate surface area is 102 Å². The quantitative estimate of drug-likeness (QED) is 0.879. The third-order valence-corrected chi connectivity index (χ3v) is 3.06. The van der Waals surface area contributed by atoms with Gasteiger partial charge >= 0.3 is 0 Å². The van der Waals surface area contributed by atoms with Crippen LogP contribution >= 0.6 is 15.9 Å².